The number of piperidine rings is 1. The van der Waals surface area contributed by atoms with Gasteiger partial charge in [0.2, 0.25) is 5.91 Å². The number of benzene rings is 1. The lowest BCUT2D eigenvalue weighted by Gasteiger charge is -2.27. The maximum absolute atomic E-state index is 12.0. The van der Waals surface area contributed by atoms with E-state index in [1.807, 2.05) is 35.2 Å². The van der Waals surface area contributed by atoms with Crippen LogP contribution in [0.4, 0.5) is 0 Å². The van der Waals surface area contributed by atoms with E-state index in [2.05, 4.69) is 5.32 Å². The summed E-state index contributed by atoms with van der Waals surface area (Å²) in [7, 11) is 0. The molecule has 0 radical (unpaired) electrons. The van der Waals surface area contributed by atoms with Crippen LogP contribution in [0.5, 0.6) is 0 Å². The molecule has 1 aromatic carbocycles. The Hall–Kier alpha value is -1.39. The van der Waals surface area contributed by atoms with Crippen LogP contribution in [0.1, 0.15) is 38.2 Å². The molecule has 1 unspecified atom stereocenters. The van der Waals surface area contributed by atoms with Gasteiger partial charge in [-0.05, 0) is 31.7 Å². The molecular weight excluding hydrogens is 264 g/mol. The second-order valence-corrected chi connectivity index (χ2v) is 6.01. The van der Waals surface area contributed by atoms with Crippen LogP contribution < -0.4 is 5.32 Å². The van der Waals surface area contributed by atoms with Crippen molar-refractivity contribution in [1.29, 1.82) is 0 Å². The van der Waals surface area contributed by atoms with Crippen LogP contribution >= 0.6 is 0 Å². The van der Waals surface area contributed by atoms with Crippen LogP contribution in [-0.2, 0) is 10.4 Å². The molecule has 1 fully saturated rings. The van der Waals surface area contributed by atoms with E-state index in [1.54, 1.807) is 6.92 Å². The molecular formula is C17H26N2O2. The molecule has 2 rings (SSSR count). The molecule has 4 nitrogen and oxygen atoms in total. The summed E-state index contributed by atoms with van der Waals surface area (Å²) in [6.45, 7) is 4.66. The van der Waals surface area contributed by atoms with Crippen LogP contribution in [0.15, 0.2) is 30.3 Å². The molecule has 1 aromatic rings. The molecule has 1 saturated heterocycles. The number of nitrogens with zero attached hydrogens (tertiary/aromatic N) is 1. The summed E-state index contributed by atoms with van der Waals surface area (Å²) < 4.78 is 0. The number of carbonyl (C=O) groups excluding carboxylic acids is 1. The molecule has 1 amide bonds. The minimum Gasteiger partial charge on any atom is -0.384 e. The highest BCUT2D eigenvalue weighted by molar-refractivity contribution is 5.76. The third kappa shape index (κ3) is 4.83. The van der Waals surface area contributed by atoms with Crippen molar-refractivity contribution < 1.29 is 9.90 Å². The van der Waals surface area contributed by atoms with Crippen LogP contribution in [0.25, 0.3) is 0 Å². The lowest BCUT2D eigenvalue weighted by molar-refractivity contribution is -0.132. The molecule has 2 N–H and O–H groups in total. The second kappa shape index (κ2) is 7.57. The molecule has 1 heterocycles. The Morgan fingerprint density at radius 1 is 1.24 bits per heavy atom. The number of carbonyl (C=O) groups is 1. The van der Waals surface area contributed by atoms with Gasteiger partial charge in [0.15, 0.2) is 0 Å². The number of amides is 1. The van der Waals surface area contributed by atoms with Gasteiger partial charge in [-0.3, -0.25) is 4.79 Å². The quantitative estimate of drug-likeness (QED) is 0.787. The van der Waals surface area contributed by atoms with Crippen molar-refractivity contribution in [3.63, 3.8) is 0 Å². The molecule has 0 saturated carbocycles. The second-order valence-electron chi connectivity index (χ2n) is 6.01. The van der Waals surface area contributed by atoms with Gasteiger partial charge in [0.05, 0.1) is 5.60 Å². The van der Waals surface area contributed by atoms with E-state index in [4.69, 9.17) is 0 Å². The largest absolute Gasteiger partial charge is 0.384 e. The zero-order chi connectivity index (χ0) is 15.1. The number of hydrogen-bond acceptors (Lipinski definition) is 3. The Kier molecular flexibility index (Phi) is 5.76. The molecule has 1 atom stereocenters. The van der Waals surface area contributed by atoms with Crippen molar-refractivity contribution in [3.8, 4) is 0 Å². The Morgan fingerprint density at radius 2 is 1.90 bits per heavy atom. The Balaban J connectivity index is 1.70. The van der Waals surface area contributed by atoms with E-state index in [0.717, 1.165) is 31.5 Å². The SMILES string of the molecule is CC(O)(CNCCC(=O)N1CCCCC1)c1ccccc1. The average molecular weight is 290 g/mol. The number of likely N-dealkylation sites (tertiary alicyclic amines) is 1. The molecule has 1 aliphatic heterocycles. The summed E-state index contributed by atoms with van der Waals surface area (Å²) in [6, 6.07) is 9.61. The van der Waals surface area contributed by atoms with E-state index in [9.17, 15) is 9.90 Å². The fourth-order valence-corrected chi connectivity index (χ4v) is 2.73. The summed E-state index contributed by atoms with van der Waals surface area (Å²) in [5.41, 5.74) is -0.0186. The molecule has 0 bridgehead atoms. The lowest BCUT2D eigenvalue weighted by atomic mass is 9.96. The normalized spacial score (nSPS) is 18.3. The van der Waals surface area contributed by atoms with Gasteiger partial charge in [0.25, 0.3) is 0 Å². The third-order valence-corrected chi connectivity index (χ3v) is 4.09. The van der Waals surface area contributed by atoms with Crippen LogP contribution in [0.2, 0.25) is 0 Å². The summed E-state index contributed by atoms with van der Waals surface area (Å²) in [4.78, 5) is 14.0. The average Bonchev–Trinajstić information content (AvgIpc) is 2.53. The lowest BCUT2D eigenvalue weighted by Crippen LogP contribution is -2.39. The standard InChI is InChI=1S/C17H26N2O2/c1-17(21,15-8-4-2-5-9-15)14-18-11-10-16(20)19-12-6-3-7-13-19/h2,4-5,8-9,18,21H,3,6-7,10-14H2,1H3. The van der Waals surface area contributed by atoms with E-state index in [1.165, 1.54) is 6.42 Å². The first-order valence-electron chi connectivity index (χ1n) is 7.86. The first-order valence-corrected chi connectivity index (χ1v) is 7.86. The molecule has 4 heteroatoms. The van der Waals surface area contributed by atoms with Crippen molar-refractivity contribution >= 4 is 5.91 Å². The van der Waals surface area contributed by atoms with Crippen LogP contribution in [0.3, 0.4) is 0 Å². The van der Waals surface area contributed by atoms with Crippen molar-refractivity contribution in [2.24, 2.45) is 0 Å². The summed E-state index contributed by atoms with van der Waals surface area (Å²) in [6.07, 6.45) is 4.00. The van der Waals surface area contributed by atoms with Crippen molar-refractivity contribution in [2.45, 2.75) is 38.2 Å². The summed E-state index contributed by atoms with van der Waals surface area (Å²) in [5.74, 6) is 0.224. The number of aliphatic hydroxyl groups is 1. The highest BCUT2D eigenvalue weighted by Gasteiger charge is 2.22. The van der Waals surface area contributed by atoms with Crippen molar-refractivity contribution in [3.05, 3.63) is 35.9 Å². The van der Waals surface area contributed by atoms with E-state index in [-0.39, 0.29) is 5.91 Å². The minimum absolute atomic E-state index is 0.224. The van der Waals surface area contributed by atoms with E-state index in [0.29, 0.717) is 19.5 Å². The van der Waals surface area contributed by atoms with Gasteiger partial charge in [-0.2, -0.15) is 0 Å². The molecule has 1 aliphatic rings. The Morgan fingerprint density at radius 3 is 2.57 bits per heavy atom. The number of hydrogen-bond donors (Lipinski definition) is 2. The van der Waals surface area contributed by atoms with Gasteiger partial charge < -0.3 is 15.3 Å². The molecule has 0 aromatic heterocycles. The maximum Gasteiger partial charge on any atom is 0.223 e. The van der Waals surface area contributed by atoms with Gasteiger partial charge in [-0.15, -0.1) is 0 Å². The maximum atomic E-state index is 12.0. The van der Waals surface area contributed by atoms with Crippen molar-refractivity contribution in [1.82, 2.24) is 10.2 Å². The van der Waals surface area contributed by atoms with Crippen LogP contribution in [-0.4, -0.2) is 42.1 Å². The van der Waals surface area contributed by atoms with Crippen molar-refractivity contribution in [2.75, 3.05) is 26.2 Å². The fraction of sp³-hybridized carbons (Fsp3) is 0.588. The fourth-order valence-electron chi connectivity index (χ4n) is 2.73. The molecule has 0 aliphatic carbocycles. The monoisotopic (exact) mass is 290 g/mol. The summed E-state index contributed by atoms with van der Waals surface area (Å²) >= 11 is 0. The van der Waals surface area contributed by atoms with E-state index < -0.39 is 5.60 Å². The van der Waals surface area contributed by atoms with Gasteiger partial charge in [-0.25, -0.2) is 0 Å². The van der Waals surface area contributed by atoms with Crippen LogP contribution in [0, 0.1) is 0 Å². The molecule has 21 heavy (non-hydrogen) atoms. The zero-order valence-corrected chi connectivity index (χ0v) is 12.8. The predicted octanol–water partition coefficient (Wildman–Crippen LogP) is 1.89. The van der Waals surface area contributed by atoms with Gasteiger partial charge in [0, 0.05) is 32.6 Å². The first kappa shape index (κ1) is 16.0. The highest BCUT2D eigenvalue weighted by atomic mass is 16.3. The zero-order valence-electron chi connectivity index (χ0n) is 12.8. The summed E-state index contributed by atoms with van der Waals surface area (Å²) in [5, 5.41) is 13.6. The highest BCUT2D eigenvalue weighted by Crippen LogP contribution is 2.18. The molecule has 0 spiro atoms. The van der Waals surface area contributed by atoms with Gasteiger partial charge in [0.1, 0.15) is 0 Å². The predicted molar refractivity (Wildman–Crippen MR) is 83.9 cm³/mol. The number of rotatable bonds is 6. The smallest absolute Gasteiger partial charge is 0.223 e. The first-order chi connectivity index (χ1) is 10.1. The molecule has 116 valence electrons. The Bertz CT molecular complexity index is 439. The topological polar surface area (TPSA) is 52.6 Å². The van der Waals surface area contributed by atoms with E-state index >= 15 is 0 Å². The number of nitrogens with one attached hydrogen (secondary N) is 1. The van der Waals surface area contributed by atoms with Gasteiger partial charge >= 0.3 is 0 Å². The van der Waals surface area contributed by atoms with Gasteiger partial charge in [-0.1, -0.05) is 30.3 Å². The minimum atomic E-state index is -0.907. The third-order valence-electron chi connectivity index (χ3n) is 4.09. The Labute approximate surface area is 127 Å².